The fourth-order valence-electron chi connectivity index (χ4n) is 2.92. The highest BCUT2D eigenvalue weighted by Gasteiger charge is 2.33. The summed E-state index contributed by atoms with van der Waals surface area (Å²) in [6, 6.07) is 11.4. The molecule has 0 unspecified atom stereocenters. The van der Waals surface area contributed by atoms with Crippen LogP contribution in [0.5, 0.6) is 0 Å². The van der Waals surface area contributed by atoms with E-state index in [0.29, 0.717) is 32.7 Å². The van der Waals surface area contributed by atoms with Crippen molar-refractivity contribution in [1.29, 1.82) is 0 Å². The van der Waals surface area contributed by atoms with E-state index in [4.69, 9.17) is 27.6 Å². The highest BCUT2D eigenvalue weighted by atomic mass is 35.5. The Labute approximate surface area is 167 Å². The Balaban J connectivity index is 1.70. The molecule has 0 atom stereocenters. The van der Waals surface area contributed by atoms with Crippen LogP contribution in [0.2, 0.25) is 10.0 Å². The zero-order chi connectivity index (χ0) is 20.1. The zero-order valence-electron chi connectivity index (χ0n) is 13.9. The Bertz CT molecular complexity index is 1130. The molecule has 1 amide bonds. The van der Waals surface area contributed by atoms with Gasteiger partial charge in [0.2, 0.25) is 0 Å². The van der Waals surface area contributed by atoms with Gasteiger partial charge in [0.1, 0.15) is 11.5 Å². The molecule has 0 saturated heterocycles. The van der Waals surface area contributed by atoms with Crippen molar-refractivity contribution in [2.45, 2.75) is 6.18 Å². The number of amides is 1. The van der Waals surface area contributed by atoms with E-state index in [2.05, 4.69) is 5.32 Å². The number of hydrogen-bond acceptors (Lipinski definition) is 2. The summed E-state index contributed by atoms with van der Waals surface area (Å²) in [4.78, 5) is 12.2. The molecule has 1 aromatic heterocycles. The Morgan fingerprint density at radius 2 is 1.71 bits per heavy atom. The quantitative estimate of drug-likeness (QED) is 0.462. The molecule has 0 fully saturated rings. The van der Waals surface area contributed by atoms with Crippen LogP contribution in [0, 0.1) is 0 Å². The van der Waals surface area contributed by atoms with Crippen molar-refractivity contribution >= 4 is 46.4 Å². The van der Waals surface area contributed by atoms with Gasteiger partial charge in [-0.3, -0.25) is 4.79 Å². The second kappa shape index (κ2) is 6.72. The average molecular weight is 424 g/mol. The topological polar surface area (TPSA) is 42.2 Å². The Morgan fingerprint density at radius 1 is 0.964 bits per heavy atom. The van der Waals surface area contributed by atoms with Gasteiger partial charge < -0.3 is 9.73 Å². The molecule has 4 rings (SSSR count). The van der Waals surface area contributed by atoms with Crippen LogP contribution in [0.25, 0.3) is 23.0 Å². The summed E-state index contributed by atoms with van der Waals surface area (Å²) in [6.45, 7) is 0. The first-order valence-electron chi connectivity index (χ1n) is 8.02. The zero-order valence-corrected chi connectivity index (χ0v) is 15.4. The van der Waals surface area contributed by atoms with E-state index in [1.54, 1.807) is 30.3 Å². The van der Waals surface area contributed by atoms with Crippen LogP contribution >= 0.6 is 23.2 Å². The van der Waals surface area contributed by atoms with E-state index in [1.165, 1.54) is 12.1 Å². The van der Waals surface area contributed by atoms with Crippen LogP contribution in [0.3, 0.4) is 0 Å². The number of rotatable bonds is 2. The van der Waals surface area contributed by atoms with E-state index in [1.807, 2.05) is 0 Å². The molecule has 1 aliphatic rings. The predicted molar refractivity (Wildman–Crippen MR) is 102 cm³/mol. The van der Waals surface area contributed by atoms with Gasteiger partial charge in [0, 0.05) is 21.8 Å². The van der Waals surface area contributed by atoms with Gasteiger partial charge in [-0.1, -0.05) is 29.3 Å². The normalized spacial score (nSPS) is 15.0. The summed E-state index contributed by atoms with van der Waals surface area (Å²) in [7, 11) is 0. The van der Waals surface area contributed by atoms with E-state index in [9.17, 15) is 18.0 Å². The van der Waals surface area contributed by atoms with Crippen LogP contribution in [-0.2, 0) is 11.0 Å². The van der Waals surface area contributed by atoms with Crippen LogP contribution in [0.4, 0.5) is 18.9 Å². The minimum Gasteiger partial charge on any atom is -0.457 e. The second-order valence-electron chi connectivity index (χ2n) is 6.10. The molecule has 0 spiro atoms. The third kappa shape index (κ3) is 3.41. The first kappa shape index (κ1) is 18.7. The Morgan fingerprint density at radius 3 is 2.43 bits per heavy atom. The number of hydrogen-bond donors (Lipinski definition) is 1. The molecule has 2 aromatic carbocycles. The fourth-order valence-corrected chi connectivity index (χ4v) is 3.42. The van der Waals surface area contributed by atoms with Gasteiger partial charge in [0.15, 0.2) is 0 Å². The van der Waals surface area contributed by atoms with Crippen molar-refractivity contribution in [3.8, 4) is 11.3 Å². The number of alkyl halides is 3. The lowest BCUT2D eigenvalue weighted by molar-refractivity contribution is -0.137. The third-order valence-corrected chi connectivity index (χ3v) is 4.79. The Kier molecular flexibility index (Phi) is 4.48. The minimum absolute atomic E-state index is 0.110. The van der Waals surface area contributed by atoms with E-state index in [-0.39, 0.29) is 11.3 Å². The maximum atomic E-state index is 12.9. The van der Waals surface area contributed by atoms with Crippen molar-refractivity contribution in [3.63, 3.8) is 0 Å². The molecule has 0 saturated carbocycles. The molecule has 1 aliphatic heterocycles. The van der Waals surface area contributed by atoms with Crippen molar-refractivity contribution in [2.75, 3.05) is 5.32 Å². The van der Waals surface area contributed by atoms with Crippen LogP contribution in [0.1, 0.15) is 16.9 Å². The maximum Gasteiger partial charge on any atom is 0.416 e. The lowest BCUT2D eigenvalue weighted by Crippen LogP contribution is -2.06. The standard InChI is InChI=1S/C20H10Cl2F3NO2/c21-11-2-5-14(16(22)8-11)18-6-3-12(28-18)9-15-13-4-1-10(20(23,24)25)7-17(13)26-19(15)27/h1-9H,(H,26,27)/b15-9-. The number of anilines is 1. The molecular formula is C20H10Cl2F3NO2. The summed E-state index contributed by atoms with van der Waals surface area (Å²) < 4.78 is 44.3. The van der Waals surface area contributed by atoms with Gasteiger partial charge >= 0.3 is 6.18 Å². The van der Waals surface area contributed by atoms with Gasteiger partial charge in [-0.25, -0.2) is 0 Å². The fraction of sp³-hybridized carbons (Fsp3) is 0.0500. The van der Waals surface area contributed by atoms with Crippen LogP contribution < -0.4 is 5.32 Å². The summed E-state index contributed by atoms with van der Waals surface area (Å²) in [5.41, 5.74) is 0.498. The summed E-state index contributed by atoms with van der Waals surface area (Å²) in [6.07, 6.45) is -3.01. The van der Waals surface area contributed by atoms with Crippen molar-refractivity contribution < 1.29 is 22.4 Å². The predicted octanol–water partition coefficient (Wildman–Crippen LogP) is 6.76. The minimum atomic E-state index is -4.49. The lowest BCUT2D eigenvalue weighted by atomic mass is 10.0. The number of carbonyl (C=O) groups is 1. The maximum absolute atomic E-state index is 12.9. The summed E-state index contributed by atoms with van der Waals surface area (Å²) in [5.74, 6) is 0.329. The number of halogens is 5. The summed E-state index contributed by atoms with van der Waals surface area (Å²) >= 11 is 12.1. The molecule has 3 nitrogen and oxygen atoms in total. The molecule has 8 heteroatoms. The molecule has 0 bridgehead atoms. The highest BCUT2D eigenvalue weighted by molar-refractivity contribution is 6.36. The lowest BCUT2D eigenvalue weighted by Gasteiger charge is -2.07. The van der Waals surface area contributed by atoms with Gasteiger partial charge in [-0.05, 0) is 48.5 Å². The van der Waals surface area contributed by atoms with E-state index < -0.39 is 17.6 Å². The van der Waals surface area contributed by atoms with Gasteiger partial charge in [-0.2, -0.15) is 13.2 Å². The average Bonchev–Trinajstić information content (AvgIpc) is 3.19. The number of fused-ring (bicyclic) bond motifs is 1. The van der Waals surface area contributed by atoms with Crippen molar-refractivity contribution in [2.24, 2.45) is 0 Å². The molecule has 3 aromatic rings. The molecule has 0 radical (unpaired) electrons. The molecule has 2 heterocycles. The van der Waals surface area contributed by atoms with Crippen molar-refractivity contribution in [3.05, 3.63) is 75.5 Å². The van der Waals surface area contributed by atoms with Crippen molar-refractivity contribution in [1.82, 2.24) is 0 Å². The molecular weight excluding hydrogens is 414 g/mol. The number of benzene rings is 2. The molecule has 142 valence electrons. The van der Waals surface area contributed by atoms with Gasteiger partial charge in [0.25, 0.3) is 5.91 Å². The monoisotopic (exact) mass is 423 g/mol. The first-order valence-corrected chi connectivity index (χ1v) is 8.78. The smallest absolute Gasteiger partial charge is 0.416 e. The largest absolute Gasteiger partial charge is 0.457 e. The summed E-state index contributed by atoms with van der Waals surface area (Å²) in [5, 5.41) is 3.34. The first-order chi connectivity index (χ1) is 13.2. The molecule has 1 N–H and O–H groups in total. The number of nitrogens with one attached hydrogen (secondary N) is 1. The number of carbonyl (C=O) groups excluding carboxylic acids is 1. The molecule has 0 aliphatic carbocycles. The van der Waals surface area contributed by atoms with E-state index in [0.717, 1.165) is 12.1 Å². The van der Waals surface area contributed by atoms with E-state index >= 15 is 0 Å². The highest BCUT2D eigenvalue weighted by Crippen LogP contribution is 2.39. The SMILES string of the molecule is O=C1Nc2cc(C(F)(F)F)ccc2/C1=C/c1ccc(-c2ccc(Cl)cc2Cl)o1. The third-order valence-electron chi connectivity index (χ3n) is 4.24. The second-order valence-corrected chi connectivity index (χ2v) is 6.94. The Hall–Kier alpha value is -2.70. The van der Waals surface area contributed by atoms with Gasteiger partial charge in [0.05, 0.1) is 16.2 Å². The molecule has 28 heavy (non-hydrogen) atoms. The van der Waals surface area contributed by atoms with Crippen LogP contribution in [-0.4, -0.2) is 5.91 Å². The number of furan rings is 1. The van der Waals surface area contributed by atoms with Crippen LogP contribution in [0.15, 0.2) is 52.9 Å². The van der Waals surface area contributed by atoms with Gasteiger partial charge in [-0.15, -0.1) is 0 Å².